The second kappa shape index (κ2) is 4.72. The Bertz CT molecular complexity index is 523. The minimum atomic E-state index is 0.509. The van der Waals surface area contributed by atoms with Gasteiger partial charge in [-0.15, -0.1) is 11.3 Å². The molecule has 0 fully saturated rings. The number of nitrogens with zero attached hydrogens (tertiary/aromatic N) is 1. The summed E-state index contributed by atoms with van der Waals surface area (Å²) in [4.78, 5) is 5.54. The Kier molecular flexibility index (Phi) is 3.50. The number of nitrogens with two attached hydrogens (primary N) is 1. The fraction of sp³-hybridized carbons (Fsp3) is 0.182. The maximum atomic E-state index is 6.12. The third kappa shape index (κ3) is 2.23. The summed E-state index contributed by atoms with van der Waals surface area (Å²) in [5.41, 5.74) is 7.49. The van der Waals surface area contributed by atoms with Gasteiger partial charge in [-0.3, -0.25) is 0 Å². The molecule has 2 aromatic rings. The summed E-state index contributed by atoms with van der Waals surface area (Å²) in [6.07, 6.45) is 0. The van der Waals surface area contributed by atoms with Crippen molar-refractivity contribution in [3.05, 3.63) is 38.8 Å². The predicted octanol–water partition coefficient (Wildman–Crippen LogP) is 3.88. The van der Waals surface area contributed by atoms with E-state index in [0.29, 0.717) is 16.6 Å². The number of aromatic nitrogens is 1. The minimum absolute atomic E-state index is 0.509. The molecule has 0 radical (unpaired) electrons. The Morgan fingerprint density at radius 1 is 1.38 bits per heavy atom. The summed E-state index contributed by atoms with van der Waals surface area (Å²) in [6.45, 7) is 2.46. The van der Waals surface area contributed by atoms with Gasteiger partial charge in [-0.1, -0.05) is 23.2 Å². The average Bonchev–Trinajstić information content (AvgIpc) is 2.59. The molecule has 0 amide bonds. The number of thiazole rings is 1. The van der Waals surface area contributed by atoms with Gasteiger partial charge in [-0.25, -0.2) is 4.98 Å². The van der Waals surface area contributed by atoms with Crippen LogP contribution in [0.4, 0.5) is 0 Å². The van der Waals surface area contributed by atoms with Crippen molar-refractivity contribution >= 4 is 34.5 Å². The lowest BCUT2D eigenvalue weighted by molar-refractivity contribution is 1.06. The second-order valence-corrected chi connectivity index (χ2v) is 5.28. The molecule has 16 heavy (non-hydrogen) atoms. The first-order valence-corrected chi connectivity index (χ1v) is 6.31. The lowest BCUT2D eigenvalue weighted by atomic mass is 10.2. The lowest BCUT2D eigenvalue weighted by Crippen LogP contribution is -1.94. The summed E-state index contributed by atoms with van der Waals surface area (Å²) in [7, 11) is 0. The Labute approximate surface area is 108 Å². The molecule has 0 bridgehead atoms. The van der Waals surface area contributed by atoms with Crippen LogP contribution in [-0.4, -0.2) is 4.98 Å². The molecule has 0 aliphatic rings. The number of rotatable bonds is 2. The molecule has 5 heteroatoms. The van der Waals surface area contributed by atoms with Crippen LogP contribution in [0.2, 0.25) is 10.0 Å². The van der Waals surface area contributed by atoms with E-state index in [2.05, 4.69) is 4.98 Å². The van der Waals surface area contributed by atoms with Gasteiger partial charge in [0.25, 0.3) is 0 Å². The van der Waals surface area contributed by atoms with Crippen molar-refractivity contribution in [1.29, 1.82) is 0 Å². The van der Waals surface area contributed by atoms with E-state index in [0.717, 1.165) is 21.1 Å². The highest BCUT2D eigenvalue weighted by molar-refractivity contribution is 7.15. The van der Waals surface area contributed by atoms with Crippen LogP contribution >= 0.6 is 34.5 Å². The van der Waals surface area contributed by atoms with Crippen LogP contribution in [0.15, 0.2) is 18.2 Å². The van der Waals surface area contributed by atoms with Crippen molar-refractivity contribution < 1.29 is 0 Å². The summed E-state index contributed by atoms with van der Waals surface area (Å²) >= 11 is 13.5. The van der Waals surface area contributed by atoms with Gasteiger partial charge in [0.1, 0.15) is 5.01 Å². The normalized spacial score (nSPS) is 10.8. The summed E-state index contributed by atoms with van der Waals surface area (Å²) < 4.78 is 0. The molecule has 2 nitrogen and oxygen atoms in total. The van der Waals surface area contributed by atoms with Crippen LogP contribution in [-0.2, 0) is 6.54 Å². The number of benzene rings is 1. The van der Waals surface area contributed by atoms with Gasteiger partial charge in [-0.05, 0) is 25.1 Å². The van der Waals surface area contributed by atoms with Crippen molar-refractivity contribution in [2.45, 2.75) is 13.5 Å². The first kappa shape index (κ1) is 11.9. The van der Waals surface area contributed by atoms with Crippen molar-refractivity contribution in [2.75, 3.05) is 0 Å². The SMILES string of the molecule is Cc1nc(-c2ccc(Cl)cc2Cl)sc1CN. The molecule has 0 atom stereocenters. The molecule has 0 aliphatic heterocycles. The van der Waals surface area contributed by atoms with E-state index in [1.165, 1.54) is 0 Å². The van der Waals surface area contributed by atoms with Crippen LogP contribution in [0, 0.1) is 6.92 Å². The molecule has 0 aliphatic carbocycles. The monoisotopic (exact) mass is 272 g/mol. The summed E-state index contributed by atoms with van der Waals surface area (Å²) in [6, 6.07) is 5.40. The Balaban J connectivity index is 2.50. The molecule has 0 saturated carbocycles. The Morgan fingerprint density at radius 2 is 2.12 bits per heavy atom. The maximum absolute atomic E-state index is 6.12. The van der Waals surface area contributed by atoms with Gasteiger partial charge in [0.05, 0.1) is 10.7 Å². The van der Waals surface area contributed by atoms with E-state index in [1.54, 1.807) is 17.4 Å². The van der Waals surface area contributed by atoms with Gasteiger partial charge >= 0.3 is 0 Å². The van der Waals surface area contributed by atoms with Crippen LogP contribution in [0.3, 0.4) is 0 Å². The third-order valence-electron chi connectivity index (χ3n) is 2.24. The lowest BCUT2D eigenvalue weighted by Gasteiger charge is -2.00. The van der Waals surface area contributed by atoms with E-state index in [1.807, 2.05) is 19.1 Å². The summed E-state index contributed by atoms with van der Waals surface area (Å²) in [5.74, 6) is 0. The molecule has 84 valence electrons. The smallest absolute Gasteiger partial charge is 0.125 e. The quantitative estimate of drug-likeness (QED) is 0.901. The van der Waals surface area contributed by atoms with Crippen molar-refractivity contribution in [1.82, 2.24) is 4.98 Å². The molecular weight excluding hydrogens is 263 g/mol. The van der Waals surface area contributed by atoms with Crippen LogP contribution in [0.5, 0.6) is 0 Å². The van der Waals surface area contributed by atoms with Gasteiger partial charge in [0.15, 0.2) is 0 Å². The van der Waals surface area contributed by atoms with Crippen molar-refractivity contribution in [2.24, 2.45) is 5.73 Å². The van der Waals surface area contributed by atoms with Crippen LogP contribution in [0.1, 0.15) is 10.6 Å². The molecular formula is C11H10Cl2N2S. The van der Waals surface area contributed by atoms with Gasteiger partial charge in [0.2, 0.25) is 0 Å². The first-order valence-electron chi connectivity index (χ1n) is 4.73. The van der Waals surface area contributed by atoms with Gasteiger partial charge in [-0.2, -0.15) is 0 Å². The van der Waals surface area contributed by atoms with E-state index >= 15 is 0 Å². The Hall–Kier alpha value is -0.610. The molecule has 2 rings (SSSR count). The molecule has 0 saturated heterocycles. The highest BCUT2D eigenvalue weighted by Crippen LogP contribution is 2.34. The number of hydrogen-bond donors (Lipinski definition) is 1. The average molecular weight is 273 g/mol. The van der Waals surface area contributed by atoms with Crippen molar-refractivity contribution in [3.8, 4) is 10.6 Å². The largest absolute Gasteiger partial charge is 0.326 e. The van der Waals surface area contributed by atoms with Crippen LogP contribution < -0.4 is 5.73 Å². The third-order valence-corrected chi connectivity index (χ3v) is 4.00. The zero-order valence-electron chi connectivity index (χ0n) is 8.63. The zero-order chi connectivity index (χ0) is 11.7. The number of halogens is 2. The van der Waals surface area contributed by atoms with Gasteiger partial charge < -0.3 is 5.73 Å². The van der Waals surface area contributed by atoms with E-state index in [9.17, 15) is 0 Å². The fourth-order valence-electron chi connectivity index (χ4n) is 1.40. The highest BCUT2D eigenvalue weighted by Gasteiger charge is 2.11. The molecule has 2 N–H and O–H groups in total. The first-order chi connectivity index (χ1) is 7.61. The fourth-order valence-corrected chi connectivity index (χ4v) is 2.93. The zero-order valence-corrected chi connectivity index (χ0v) is 11.0. The number of hydrogen-bond acceptors (Lipinski definition) is 3. The molecule has 1 aromatic carbocycles. The highest BCUT2D eigenvalue weighted by atomic mass is 35.5. The van der Waals surface area contributed by atoms with Crippen molar-refractivity contribution in [3.63, 3.8) is 0 Å². The van der Waals surface area contributed by atoms with E-state index < -0.39 is 0 Å². The molecule has 0 spiro atoms. The number of aryl methyl sites for hydroxylation is 1. The van der Waals surface area contributed by atoms with E-state index in [4.69, 9.17) is 28.9 Å². The standard InChI is InChI=1S/C11H10Cl2N2S/c1-6-10(5-14)16-11(15-6)8-3-2-7(12)4-9(8)13/h2-4H,5,14H2,1H3. The van der Waals surface area contributed by atoms with Gasteiger partial charge in [0, 0.05) is 22.0 Å². The minimum Gasteiger partial charge on any atom is -0.326 e. The molecule has 1 aromatic heterocycles. The van der Waals surface area contributed by atoms with E-state index in [-0.39, 0.29) is 0 Å². The maximum Gasteiger partial charge on any atom is 0.125 e. The summed E-state index contributed by atoms with van der Waals surface area (Å²) in [5, 5.41) is 2.13. The second-order valence-electron chi connectivity index (χ2n) is 3.36. The predicted molar refractivity (Wildman–Crippen MR) is 70.2 cm³/mol. The molecule has 0 unspecified atom stereocenters. The van der Waals surface area contributed by atoms with Crippen LogP contribution in [0.25, 0.3) is 10.6 Å². The molecule has 1 heterocycles. The Morgan fingerprint density at radius 3 is 2.69 bits per heavy atom. The topological polar surface area (TPSA) is 38.9 Å².